The summed E-state index contributed by atoms with van der Waals surface area (Å²) in [7, 11) is 0. The van der Waals surface area contributed by atoms with E-state index in [-0.39, 0.29) is 18.2 Å². The van der Waals surface area contributed by atoms with Crippen molar-refractivity contribution >= 4 is 17.5 Å². The second kappa shape index (κ2) is 6.05. The third kappa shape index (κ3) is 4.08. The molecule has 2 amide bonds. The molecule has 0 aliphatic rings. The van der Waals surface area contributed by atoms with Crippen molar-refractivity contribution in [2.24, 2.45) is 11.7 Å². The zero-order valence-electron chi connectivity index (χ0n) is 10.6. The molecule has 0 aliphatic heterocycles. The van der Waals surface area contributed by atoms with E-state index in [4.69, 9.17) is 11.5 Å². The van der Waals surface area contributed by atoms with E-state index in [0.29, 0.717) is 5.69 Å². The number of carbonyl (C=O) groups is 2. The lowest BCUT2D eigenvalue weighted by Gasteiger charge is -2.18. The fraction of sp³-hybridized carbons (Fsp3) is 0.385. The van der Waals surface area contributed by atoms with Crippen LogP contribution in [0.15, 0.2) is 24.3 Å². The molecule has 0 radical (unpaired) electrons. The number of primary amides is 1. The predicted molar refractivity (Wildman–Crippen MR) is 70.5 cm³/mol. The molecule has 5 N–H and O–H groups in total. The molecule has 1 aromatic rings. The minimum absolute atomic E-state index is 0.0349. The summed E-state index contributed by atoms with van der Waals surface area (Å²) in [5.41, 5.74) is 12.3. The highest BCUT2D eigenvalue weighted by Crippen LogP contribution is 2.08. The van der Waals surface area contributed by atoms with E-state index < -0.39 is 11.9 Å². The second-order valence-electron chi connectivity index (χ2n) is 4.61. The minimum Gasteiger partial charge on any atom is -0.399 e. The van der Waals surface area contributed by atoms with Crippen LogP contribution in [0, 0.1) is 5.92 Å². The van der Waals surface area contributed by atoms with Gasteiger partial charge < -0.3 is 16.8 Å². The Morgan fingerprint density at radius 2 is 2.00 bits per heavy atom. The molecule has 98 valence electrons. The van der Waals surface area contributed by atoms with E-state index in [2.05, 4.69) is 5.32 Å². The summed E-state index contributed by atoms with van der Waals surface area (Å²) in [5, 5.41) is 2.63. The maximum absolute atomic E-state index is 11.8. The lowest BCUT2D eigenvalue weighted by Crippen LogP contribution is -2.48. The molecule has 0 heterocycles. The molecule has 1 rings (SSSR count). The van der Waals surface area contributed by atoms with Gasteiger partial charge in [-0.25, -0.2) is 0 Å². The van der Waals surface area contributed by atoms with Gasteiger partial charge in [-0.1, -0.05) is 26.0 Å². The number of carbonyl (C=O) groups excluding carboxylic acids is 2. The van der Waals surface area contributed by atoms with Crippen molar-refractivity contribution < 1.29 is 9.59 Å². The van der Waals surface area contributed by atoms with Crippen LogP contribution in [-0.4, -0.2) is 17.9 Å². The van der Waals surface area contributed by atoms with Gasteiger partial charge in [0.1, 0.15) is 6.04 Å². The summed E-state index contributed by atoms with van der Waals surface area (Å²) in [5.74, 6) is -0.795. The molecule has 1 aromatic carbocycles. The molecule has 1 unspecified atom stereocenters. The average molecular weight is 249 g/mol. The third-order valence-electron chi connectivity index (χ3n) is 2.61. The monoisotopic (exact) mass is 249 g/mol. The number of anilines is 1. The van der Waals surface area contributed by atoms with Gasteiger partial charge in [0, 0.05) is 5.69 Å². The summed E-state index contributed by atoms with van der Waals surface area (Å²) in [6, 6.07) is 6.44. The smallest absolute Gasteiger partial charge is 0.240 e. The first-order chi connectivity index (χ1) is 8.40. The van der Waals surface area contributed by atoms with E-state index in [0.717, 1.165) is 5.56 Å². The standard InChI is InChI=1S/C13H19N3O2/c1-8(2)12(13(15)18)16-11(17)7-9-4-3-5-10(14)6-9/h3-6,8,12H,7,14H2,1-2H3,(H2,15,18)(H,16,17). The number of rotatable bonds is 5. The zero-order chi connectivity index (χ0) is 13.7. The van der Waals surface area contributed by atoms with Crippen molar-refractivity contribution in [2.75, 3.05) is 5.73 Å². The number of nitrogens with one attached hydrogen (secondary N) is 1. The van der Waals surface area contributed by atoms with Crippen molar-refractivity contribution in [3.05, 3.63) is 29.8 Å². The molecule has 5 nitrogen and oxygen atoms in total. The van der Waals surface area contributed by atoms with Gasteiger partial charge in [0.25, 0.3) is 0 Å². The lowest BCUT2D eigenvalue weighted by molar-refractivity contribution is -0.127. The number of benzene rings is 1. The Morgan fingerprint density at radius 3 is 2.50 bits per heavy atom. The summed E-state index contributed by atoms with van der Waals surface area (Å²) in [6.45, 7) is 3.66. The van der Waals surface area contributed by atoms with E-state index >= 15 is 0 Å². The fourth-order valence-electron chi connectivity index (χ4n) is 1.68. The van der Waals surface area contributed by atoms with Gasteiger partial charge in [-0.3, -0.25) is 9.59 Å². The number of amides is 2. The summed E-state index contributed by atoms with van der Waals surface area (Å²) < 4.78 is 0. The Morgan fingerprint density at radius 1 is 1.33 bits per heavy atom. The largest absolute Gasteiger partial charge is 0.399 e. The fourth-order valence-corrected chi connectivity index (χ4v) is 1.68. The van der Waals surface area contributed by atoms with E-state index in [1.165, 1.54) is 0 Å². The summed E-state index contributed by atoms with van der Waals surface area (Å²) >= 11 is 0. The van der Waals surface area contributed by atoms with E-state index in [1.807, 2.05) is 19.9 Å². The van der Waals surface area contributed by atoms with Gasteiger partial charge in [0.05, 0.1) is 6.42 Å². The van der Waals surface area contributed by atoms with Gasteiger partial charge >= 0.3 is 0 Å². The number of nitrogen functional groups attached to an aromatic ring is 1. The van der Waals surface area contributed by atoms with Gasteiger partial charge in [-0.15, -0.1) is 0 Å². The van der Waals surface area contributed by atoms with Crippen molar-refractivity contribution in [1.29, 1.82) is 0 Å². The molecule has 0 aliphatic carbocycles. The Labute approximate surface area is 107 Å². The van der Waals surface area contributed by atoms with E-state index in [9.17, 15) is 9.59 Å². The van der Waals surface area contributed by atoms with Crippen LogP contribution in [0.25, 0.3) is 0 Å². The van der Waals surface area contributed by atoms with Crippen molar-refractivity contribution in [3.8, 4) is 0 Å². The molecule has 0 saturated carbocycles. The van der Waals surface area contributed by atoms with Crippen LogP contribution in [0.2, 0.25) is 0 Å². The Hall–Kier alpha value is -2.04. The van der Waals surface area contributed by atoms with Crippen LogP contribution >= 0.6 is 0 Å². The average Bonchev–Trinajstić information content (AvgIpc) is 2.25. The van der Waals surface area contributed by atoms with Crippen LogP contribution < -0.4 is 16.8 Å². The lowest BCUT2D eigenvalue weighted by atomic mass is 10.0. The highest BCUT2D eigenvalue weighted by molar-refractivity contribution is 5.87. The molecular formula is C13H19N3O2. The number of hydrogen-bond donors (Lipinski definition) is 3. The van der Waals surface area contributed by atoms with Crippen LogP contribution in [0.4, 0.5) is 5.69 Å². The topological polar surface area (TPSA) is 98.2 Å². The first-order valence-corrected chi connectivity index (χ1v) is 5.83. The maximum Gasteiger partial charge on any atom is 0.240 e. The first-order valence-electron chi connectivity index (χ1n) is 5.83. The molecule has 0 spiro atoms. The number of hydrogen-bond acceptors (Lipinski definition) is 3. The van der Waals surface area contributed by atoms with Crippen molar-refractivity contribution in [2.45, 2.75) is 26.3 Å². The van der Waals surface area contributed by atoms with Gasteiger partial charge in [-0.2, -0.15) is 0 Å². The number of nitrogens with two attached hydrogens (primary N) is 2. The molecule has 0 fully saturated rings. The molecule has 0 saturated heterocycles. The molecule has 0 aromatic heterocycles. The van der Waals surface area contributed by atoms with E-state index in [1.54, 1.807) is 18.2 Å². The summed E-state index contributed by atoms with van der Waals surface area (Å²) in [4.78, 5) is 23.0. The molecule has 5 heteroatoms. The normalized spacial score (nSPS) is 12.2. The van der Waals surface area contributed by atoms with Crippen LogP contribution in [0.5, 0.6) is 0 Å². The Bertz CT molecular complexity index is 444. The second-order valence-corrected chi connectivity index (χ2v) is 4.61. The van der Waals surface area contributed by atoms with Crippen LogP contribution in [0.3, 0.4) is 0 Å². The van der Waals surface area contributed by atoms with Gasteiger partial charge in [0.2, 0.25) is 11.8 Å². The quantitative estimate of drug-likeness (QED) is 0.660. The third-order valence-corrected chi connectivity index (χ3v) is 2.61. The van der Waals surface area contributed by atoms with Crippen LogP contribution in [0.1, 0.15) is 19.4 Å². The van der Waals surface area contributed by atoms with Gasteiger partial charge in [0.15, 0.2) is 0 Å². The van der Waals surface area contributed by atoms with Crippen molar-refractivity contribution in [1.82, 2.24) is 5.32 Å². The highest BCUT2D eigenvalue weighted by Gasteiger charge is 2.21. The predicted octanol–water partition coefficient (Wildman–Crippen LogP) is 0.437. The molecule has 0 bridgehead atoms. The van der Waals surface area contributed by atoms with Crippen LogP contribution in [-0.2, 0) is 16.0 Å². The van der Waals surface area contributed by atoms with Crippen molar-refractivity contribution in [3.63, 3.8) is 0 Å². The Kier molecular flexibility index (Phi) is 4.71. The molecule has 18 heavy (non-hydrogen) atoms. The molecule has 1 atom stereocenters. The minimum atomic E-state index is -0.640. The Balaban J connectivity index is 2.63. The highest BCUT2D eigenvalue weighted by atomic mass is 16.2. The first kappa shape index (κ1) is 14.0. The molecular weight excluding hydrogens is 230 g/mol. The zero-order valence-corrected chi connectivity index (χ0v) is 10.6. The summed E-state index contributed by atoms with van der Waals surface area (Å²) in [6.07, 6.45) is 0.182. The SMILES string of the molecule is CC(C)C(NC(=O)Cc1cccc(N)c1)C(N)=O. The maximum atomic E-state index is 11.8. The van der Waals surface area contributed by atoms with Gasteiger partial charge in [-0.05, 0) is 23.6 Å².